The van der Waals surface area contributed by atoms with Crippen LogP contribution in [0.25, 0.3) is 0 Å². The minimum Gasteiger partial charge on any atom is -0.369 e. The van der Waals surface area contributed by atoms with Crippen LogP contribution in [0.5, 0.6) is 0 Å². The molecule has 0 bridgehead atoms. The first-order chi connectivity index (χ1) is 10.5. The molecule has 6 nitrogen and oxygen atoms in total. The van der Waals surface area contributed by atoms with Crippen molar-refractivity contribution in [1.82, 2.24) is 10.2 Å². The fourth-order valence-electron chi connectivity index (χ4n) is 1.68. The van der Waals surface area contributed by atoms with Gasteiger partial charge in [0.15, 0.2) is 5.82 Å². The number of unbranched alkanes of at least 4 members (excludes halogenated alkanes) is 1. The molecule has 0 aliphatic rings. The van der Waals surface area contributed by atoms with Crippen molar-refractivity contribution in [2.24, 2.45) is 0 Å². The first-order valence-electron chi connectivity index (χ1n) is 6.87. The number of halogens is 1. The number of sulfonamides is 1. The second kappa shape index (κ2) is 7.55. The van der Waals surface area contributed by atoms with Crippen LogP contribution in [0.3, 0.4) is 0 Å². The van der Waals surface area contributed by atoms with Gasteiger partial charge in [0, 0.05) is 11.0 Å². The fraction of sp³-hybridized carbons (Fsp3) is 0.286. The second-order valence-corrected chi connectivity index (χ2v) is 7.24. The summed E-state index contributed by atoms with van der Waals surface area (Å²) in [5, 5.41) is 10.9. The lowest BCUT2D eigenvalue weighted by Crippen LogP contribution is -2.14. The van der Waals surface area contributed by atoms with Gasteiger partial charge in [0.1, 0.15) is 5.82 Å². The van der Waals surface area contributed by atoms with Crippen LogP contribution in [0.15, 0.2) is 45.8 Å². The van der Waals surface area contributed by atoms with E-state index in [2.05, 4.69) is 43.1 Å². The molecule has 0 radical (unpaired) electrons. The normalized spacial score (nSPS) is 11.2. The summed E-state index contributed by atoms with van der Waals surface area (Å²) in [6.07, 6.45) is 2.13. The number of aromatic nitrogens is 2. The molecular weight excluding hydrogens is 368 g/mol. The summed E-state index contributed by atoms with van der Waals surface area (Å²) < 4.78 is 27.6. The second-order valence-electron chi connectivity index (χ2n) is 4.64. The maximum absolute atomic E-state index is 12.2. The zero-order valence-corrected chi connectivity index (χ0v) is 14.5. The molecule has 2 N–H and O–H groups in total. The quantitative estimate of drug-likeness (QED) is 0.715. The van der Waals surface area contributed by atoms with Crippen molar-refractivity contribution in [2.75, 3.05) is 16.6 Å². The molecule has 1 aromatic heterocycles. The molecule has 0 fully saturated rings. The molecule has 2 aromatic rings. The lowest BCUT2D eigenvalue weighted by molar-refractivity contribution is 0.601. The molecular formula is C14H17BrN4O2S. The van der Waals surface area contributed by atoms with Gasteiger partial charge in [-0.05, 0) is 42.8 Å². The number of hydrogen-bond donors (Lipinski definition) is 2. The van der Waals surface area contributed by atoms with Gasteiger partial charge in [-0.1, -0.05) is 29.3 Å². The Balaban J connectivity index is 2.05. The highest BCUT2D eigenvalue weighted by Crippen LogP contribution is 2.17. The van der Waals surface area contributed by atoms with Gasteiger partial charge in [-0.25, -0.2) is 8.42 Å². The predicted octanol–water partition coefficient (Wildman–Crippen LogP) is 3.25. The smallest absolute Gasteiger partial charge is 0.263 e. The van der Waals surface area contributed by atoms with Crippen molar-refractivity contribution < 1.29 is 8.42 Å². The van der Waals surface area contributed by atoms with Gasteiger partial charge >= 0.3 is 0 Å². The number of hydrogen-bond acceptors (Lipinski definition) is 5. The number of anilines is 2. The summed E-state index contributed by atoms with van der Waals surface area (Å²) in [6, 6.07) is 9.64. The largest absolute Gasteiger partial charge is 0.369 e. The van der Waals surface area contributed by atoms with Crippen molar-refractivity contribution in [3.05, 3.63) is 40.9 Å². The zero-order chi connectivity index (χ0) is 16.0. The Morgan fingerprint density at radius 2 is 1.68 bits per heavy atom. The van der Waals surface area contributed by atoms with Crippen molar-refractivity contribution in [3.8, 4) is 0 Å². The van der Waals surface area contributed by atoms with Crippen molar-refractivity contribution in [2.45, 2.75) is 24.7 Å². The number of nitrogens with zero attached hydrogens (tertiary/aromatic N) is 2. The van der Waals surface area contributed by atoms with E-state index < -0.39 is 10.0 Å². The number of rotatable bonds is 7. The molecule has 1 aromatic carbocycles. The molecule has 0 amide bonds. The minimum atomic E-state index is -3.66. The van der Waals surface area contributed by atoms with Crippen molar-refractivity contribution in [3.63, 3.8) is 0 Å². The topological polar surface area (TPSA) is 84.0 Å². The SMILES string of the molecule is CCCCNc1ccc(NS(=O)(=O)c2ccc(Br)cc2)nn1. The van der Waals surface area contributed by atoms with Crippen LogP contribution < -0.4 is 10.0 Å². The van der Waals surface area contributed by atoms with Gasteiger partial charge in [0.05, 0.1) is 4.90 Å². The average Bonchev–Trinajstić information content (AvgIpc) is 2.49. The molecule has 0 unspecified atom stereocenters. The van der Waals surface area contributed by atoms with Crippen LogP contribution in [0.1, 0.15) is 19.8 Å². The molecule has 1 heterocycles. The Morgan fingerprint density at radius 3 is 2.27 bits per heavy atom. The highest BCUT2D eigenvalue weighted by atomic mass is 79.9. The molecule has 22 heavy (non-hydrogen) atoms. The van der Waals surface area contributed by atoms with E-state index >= 15 is 0 Å². The molecule has 8 heteroatoms. The summed E-state index contributed by atoms with van der Waals surface area (Å²) in [4.78, 5) is 0.169. The van der Waals surface area contributed by atoms with Crippen LogP contribution in [0.4, 0.5) is 11.6 Å². The summed E-state index contributed by atoms with van der Waals surface area (Å²) in [7, 11) is -3.66. The van der Waals surface area contributed by atoms with Crippen LogP contribution in [-0.2, 0) is 10.0 Å². The Labute approximate surface area is 138 Å². The average molecular weight is 385 g/mol. The number of nitrogens with one attached hydrogen (secondary N) is 2. The lowest BCUT2D eigenvalue weighted by atomic mass is 10.3. The maximum atomic E-state index is 12.2. The van der Waals surface area contributed by atoms with E-state index in [4.69, 9.17) is 0 Å². The van der Waals surface area contributed by atoms with E-state index in [1.54, 1.807) is 24.3 Å². The zero-order valence-electron chi connectivity index (χ0n) is 12.1. The third kappa shape index (κ3) is 4.67. The lowest BCUT2D eigenvalue weighted by Gasteiger charge is -2.08. The molecule has 0 spiro atoms. The van der Waals surface area contributed by atoms with Crippen LogP contribution in [0.2, 0.25) is 0 Å². The van der Waals surface area contributed by atoms with E-state index in [0.29, 0.717) is 5.82 Å². The third-order valence-corrected chi connectivity index (χ3v) is 4.76. The molecule has 0 atom stereocenters. The van der Waals surface area contributed by atoms with Crippen molar-refractivity contribution >= 4 is 37.6 Å². The highest BCUT2D eigenvalue weighted by Gasteiger charge is 2.14. The Kier molecular flexibility index (Phi) is 5.73. The maximum Gasteiger partial charge on any atom is 0.263 e. The monoisotopic (exact) mass is 384 g/mol. The minimum absolute atomic E-state index is 0.169. The van der Waals surface area contributed by atoms with E-state index in [0.717, 1.165) is 23.9 Å². The first-order valence-corrected chi connectivity index (χ1v) is 9.15. The molecule has 118 valence electrons. The molecule has 0 aliphatic carbocycles. The predicted molar refractivity (Wildman–Crippen MR) is 90.4 cm³/mol. The van der Waals surface area contributed by atoms with Crippen LogP contribution >= 0.6 is 15.9 Å². The highest BCUT2D eigenvalue weighted by molar-refractivity contribution is 9.10. The van der Waals surface area contributed by atoms with Gasteiger partial charge in [-0.3, -0.25) is 4.72 Å². The van der Waals surface area contributed by atoms with Gasteiger partial charge < -0.3 is 5.32 Å². The number of benzene rings is 1. The molecule has 0 aliphatic heterocycles. The summed E-state index contributed by atoms with van der Waals surface area (Å²) in [5.74, 6) is 0.809. The third-order valence-electron chi connectivity index (χ3n) is 2.86. The first kappa shape index (κ1) is 16.7. The van der Waals surface area contributed by atoms with Gasteiger partial charge in [-0.15, -0.1) is 10.2 Å². The summed E-state index contributed by atoms with van der Waals surface area (Å²) >= 11 is 3.27. The van der Waals surface area contributed by atoms with Gasteiger partial charge in [0.2, 0.25) is 0 Å². The van der Waals surface area contributed by atoms with Gasteiger partial charge in [-0.2, -0.15) is 0 Å². The Bertz CT molecular complexity index is 703. The van der Waals surface area contributed by atoms with Crippen LogP contribution in [0, 0.1) is 0 Å². The van der Waals surface area contributed by atoms with E-state index in [9.17, 15) is 8.42 Å². The van der Waals surface area contributed by atoms with Gasteiger partial charge in [0.25, 0.3) is 10.0 Å². The molecule has 2 rings (SSSR count). The molecule has 0 saturated carbocycles. The van der Waals surface area contributed by atoms with Crippen LogP contribution in [-0.4, -0.2) is 25.2 Å². The Hall–Kier alpha value is -1.67. The van der Waals surface area contributed by atoms with E-state index in [-0.39, 0.29) is 10.7 Å². The van der Waals surface area contributed by atoms with E-state index in [1.807, 2.05) is 0 Å². The Morgan fingerprint density at radius 1 is 1.05 bits per heavy atom. The van der Waals surface area contributed by atoms with Crippen molar-refractivity contribution in [1.29, 1.82) is 0 Å². The summed E-state index contributed by atoms with van der Waals surface area (Å²) in [6.45, 7) is 2.92. The van der Waals surface area contributed by atoms with E-state index in [1.165, 1.54) is 12.1 Å². The summed E-state index contributed by atoms with van der Waals surface area (Å²) in [5.41, 5.74) is 0. The molecule has 0 saturated heterocycles. The standard InChI is InChI=1S/C14H17BrN4O2S/c1-2-3-10-16-13-8-9-14(18-17-13)19-22(20,21)12-6-4-11(15)5-7-12/h4-9H,2-3,10H2,1H3,(H,16,17)(H,18,19). The fourth-order valence-corrected chi connectivity index (χ4v) is 2.95.